The number of H-pyrrole nitrogens is 2. The molecule has 0 aliphatic carbocycles. The Morgan fingerprint density at radius 1 is 1.18 bits per heavy atom. The molecule has 0 unspecified atom stereocenters. The van der Waals surface area contributed by atoms with Gasteiger partial charge in [0.25, 0.3) is 0 Å². The number of anilines is 2. The smallest absolute Gasteiger partial charge is 0.158 e. The van der Waals surface area contributed by atoms with Gasteiger partial charge in [0, 0.05) is 29.0 Å². The molecule has 0 spiro atoms. The lowest BCUT2D eigenvalue weighted by Crippen LogP contribution is -1.98. The quantitative estimate of drug-likeness (QED) is 0.437. The molecular formula is C21H16N6O. The summed E-state index contributed by atoms with van der Waals surface area (Å²) in [5.41, 5.74) is 4.86. The highest BCUT2D eigenvalue weighted by atomic mass is 16.5. The Morgan fingerprint density at radius 3 is 2.96 bits per heavy atom. The average molecular weight is 368 g/mol. The lowest BCUT2D eigenvalue weighted by Gasteiger charge is -2.09. The third kappa shape index (κ3) is 2.47. The van der Waals surface area contributed by atoms with Crippen LogP contribution in [0.25, 0.3) is 27.8 Å². The van der Waals surface area contributed by atoms with Crippen LogP contribution in [0.4, 0.5) is 11.5 Å². The Labute approximate surface area is 160 Å². The summed E-state index contributed by atoms with van der Waals surface area (Å²) in [6.07, 6.45) is 3.47. The lowest BCUT2D eigenvalue weighted by atomic mass is 10.1. The standard InChI is InChI=1S/C21H16N6O/c1-28-17-4-2-3-16(10-17)25-21-19(26-20-15(11-22)12-24-27(20)21)14-6-5-13-7-8-23-18(13)9-14/h2-10,12,23,25-26H,1H3. The van der Waals surface area contributed by atoms with E-state index in [1.807, 2.05) is 42.6 Å². The fraction of sp³-hybridized carbons (Fsp3) is 0.0476. The molecule has 3 heterocycles. The zero-order chi connectivity index (χ0) is 19.1. The molecule has 0 saturated carbocycles. The van der Waals surface area contributed by atoms with Gasteiger partial charge >= 0.3 is 0 Å². The fourth-order valence-electron chi connectivity index (χ4n) is 3.37. The first kappa shape index (κ1) is 16.0. The molecule has 0 aliphatic heterocycles. The molecule has 3 aromatic heterocycles. The highest BCUT2D eigenvalue weighted by Crippen LogP contribution is 2.33. The SMILES string of the molecule is COc1cccc(Nc2c(-c3ccc4cc[nH]c4c3)[nH]c3c(C#N)cnn23)c1. The van der Waals surface area contributed by atoms with Crippen LogP contribution in [0.5, 0.6) is 5.75 Å². The number of hydrogen-bond donors (Lipinski definition) is 3. The molecule has 7 nitrogen and oxygen atoms in total. The Balaban J connectivity index is 1.70. The van der Waals surface area contributed by atoms with Crippen molar-refractivity contribution in [1.82, 2.24) is 19.6 Å². The van der Waals surface area contributed by atoms with Gasteiger partial charge in [-0.2, -0.15) is 14.9 Å². The Bertz CT molecular complexity index is 1350. The zero-order valence-corrected chi connectivity index (χ0v) is 15.0. The van der Waals surface area contributed by atoms with E-state index in [-0.39, 0.29) is 0 Å². The van der Waals surface area contributed by atoms with Gasteiger partial charge in [-0.1, -0.05) is 18.2 Å². The molecule has 3 N–H and O–H groups in total. The van der Waals surface area contributed by atoms with Crippen LogP contribution in [0.2, 0.25) is 0 Å². The Morgan fingerprint density at radius 2 is 2.11 bits per heavy atom. The molecule has 0 saturated heterocycles. The molecule has 136 valence electrons. The minimum Gasteiger partial charge on any atom is -0.497 e. The van der Waals surface area contributed by atoms with Crippen LogP contribution in [0.15, 0.2) is 60.9 Å². The first-order valence-corrected chi connectivity index (χ1v) is 8.75. The summed E-state index contributed by atoms with van der Waals surface area (Å²) in [6.45, 7) is 0. The second-order valence-electron chi connectivity index (χ2n) is 6.42. The number of imidazole rings is 1. The van der Waals surface area contributed by atoms with E-state index in [0.29, 0.717) is 11.2 Å². The maximum absolute atomic E-state index is 9.40. The van der Waals surface area contributed by atoms with E-state index in [2.05, 4.69) is 38.6 Å². The monoisotopic (exact) mass is 368 g/mol. The van der Waals surface area contributed by atoms with Gasteiger partial charge in [0.15, 0.2) is 11.5 Å². The van der Waals surface area contributed by atoms with E-state index in [1.165, 1.54) is 0 Å². The number of aromatic amines is 2. The second kappa shape index (κ2) is 6.21. The van der Waals surface area contributed by atoms with Crippen molar-refractivity contribution in [2.75, 3.05) is 12.4 Å². The number of nitrogens with one attached hydrogen (secondary N) is 3. The predicted octanol–water partition coefficient (Wildman–Crippen LogP) is 4.43. The number of benzene rings is 2. The van der Waals surface area contributed by atoms with E-state index in [1.54, 1.807) is 17.8 Å². The molecule has 0 radical (unpaired) electrons. The van der Waals surface area contributed by atoms with Gasteiger partial charge < -0.3 is 20.0 Å². The van der Waals surface area contributed by atoms with Crippen molar-refractivity contribution in [1.29, 1.82) is 5.26 Å². The molecule has 28 heavy (non-hydrogen) atoms. The molecule has 0 bridgehead atoms. The lowest BCUT2D eigenvalue weighted by molar-refractivity contribution is 0.415. The summed E-state index contributed by atoms with van der Waals surface area (Å²) in [6, 6.07) is 18.1. The number of ether oxygens (including phenoxy) is 1. The second-order valence-corrected chi connectivity index (χ2v) is 6.42. The van der Waals surface area contributed by atoms with Crippen LogP contribution in [-0.4, -0.2) is 26.7 Å². The van der Waals surface area contributed by atoms with Crippen LogP contribution in [0.3, 0.4) is 0 Å². The van der Waals surface area contributed by atoms with E-state index >= 15 is 0 Å². The normalized spacial score (nSPS) is 11.0. The Kier molecular flexibility index (Phi) is 3.56. The molecule has 5 rings (SSSR count). The maximum atomic E-state index is 9.40. The molecule has 5 aromatic rings. The van der Waals surface area contributed by atoms with Gasteiger partial charge in [-0.05, 0) is 29.7 Å². The van der Waals surface area contributed by atoms with Crippen LogP contribution in [0.1, 0.15) is 5.56 Å². The van der Waals surface area contributed by atoms with E-state index in [4.69, 9.17) is 4.74 Å². The fourth-order valence-corrected chi connectivity index (χ4v) is 3.37. The summed E-state index contributed by atoms with van der Waals surface area (Å²) in [7, 11) is 1.64. The summed E-state index contributed by atoms with van der Waals surface area (Å²) < 4.78 is 7.03. The third-order valence-corrected chi connectivity index (χ3v) is 4.76. The molecule has 0 fully saturated rings. The molecular weight excluding hydrogens is 352 g/mol. The average Bonchev–Trinajstić information content (AvgIpc) is 3.43. The van der Waals surface area contributed by atoms with Crippen molar-refractivity contribution in [3.8, 4) is 23.1 Å². The number of rotatable bonds is 4. The molecule has 0 atom stereocenters. The van der Waals surface area contributed by atoms with Crippen molar-refractivity contribution < 1.29 is 4.74 Å². The van der Waals surface area contributed by atoms with Gasteiger partial charge in [-0.15, -0.1) is 0 Å². The summed E-state index contributed by atoms with van der Waals surface area (Å²) in [4.78, 5) is 6.59. The molecule has 0 amide bonds. The summed E-state index contributed by atoms with van der Waals surface area (Å²) in [5.74, 6) is 1.50. The van der Waals surface area contributed by atoms with Crippen LogP contribution >= 0.6 is 0 Å². The molecule has 7 heteroatoms. The minimum absolute atomic E-state index is 0.487. The topological polar surface area (TPSA) is 93.9 Å². The van der Waals surface area contributed by atoms with Crippen LogP contribution < -0.4 is 10.1 Å². The van der Waals surface area contributed by atoms with Crippen LogP contribution in [-0.2, 0) is 0 Å². The molecule has 2 aromatic carbocycles. The van der Waals surface area contributed by atoms with Gasteiger partial charge in [-0.3, -0.25) is 0 Å². The van der Waals surface area contributed by atoms with Crippen LogP contribution in [0, 0.1) is 11.3 Å². The molecule has 0 aliphatic rings. The van der Waals surface area contributed by atoms with Crippen molar-refractivity contribution in [3.05, 3.63) is 66.5 Å². The Hall–Kier alpha value is -4.18. The van der Waals surface area contributed by atoms with Gasteiger partial charge in [0.1, 0.15) is 17.4 Å². The summed E-state index contributed by atoms with van der Waals surface area (Å²) >= 11 is 0. The number of nitriles is 1. The number of methoxy groups -OCH3 is 1. The van der Waals surface area contributed by atoms with Gasteiger partial charge in [0.2, 0.25) is 0 Å². The number of hydrogen-bond acceptors (Lipinski definition) is 4. The van der Waals surface area contributed by atoms with Crippen molar-refractivity contribution >= 4 is 28.1 Å². The van der Waals surface area contributed by atoms with E-state index in [9.17, 15) is 5.26 Å². The number of nitrogens with zero attached hydrogens (tertiary/aromatic N) is 3. The van der Waals surface area contributed by atoms with Gasteiger partial charge in [-0.25, -0.2) is 0 Å². The van der Waals surface area contributed by atoms with E-state index < -0.39 is 0 Å². The number of aromatic nitrogens is 4. The van der Waals surface area contributed by atoms with Crippen molar-refractivity contribution in [3.63, 3.8) is 0 Å². The maximum Gasteiger partial charge on any atom is 0.158 e. The first-order chi connectivity index (χ1) is 13.8. The summed E-state index contributed by atoms with van der Waals surface area (Å²) in [5, 5.41) is 18.3. The third-order valence-electron chi connectivity index (χ3n) is 4.76. The van der Waals surface area contributed by atoms with E-state index in [0.717, 1.165) is 39.4 Å². The largest absolute Gasteiger partial charge is 0.497 e. The first-order valence-electron chi connectivity index (χ1n) is 8.75. The minimum atomic E-state index is 0.487. The highest BCUT2D eigenvalue weighted by Gasteiger charge is 2.18. The van der Waals surface area contributed by atoms with Gasteiger partial charge in [0.05, 0.1) is 19.0 Å². The van der Waals surface area contributed by atoms with Crippen molar-refractivity contribution in [2.45, 2.75) is 0 Å². The number of fused-ring (bicyclic) bond motifs is 2. The zero-order valence-electron chi connectivity index (χ0n) is 15.0. The van der Waals surface area contributed by atoms with Crippen molar-refractivity contribution in [2.24, 2.45) is 0 Å². The predicted molar refractivity (Wildman–Crippen MR) is 108 cm³/mol. The highest BCUT2D eigenvalue weighted by molar-refractivity contribution is 5.88.